The van der Waals surface area contributed by atoms with E-state index in [-0.39, 0.29) is 6.10 Å². The second-order valence-corrected chi connectivity index (χ2v) is 3.94. The van der Waals surface area contributed by atoms with Crippen LogP contribution in [0, 0.1) is 0 Å². The predicted molar refractivity (Wildman–Crippen MR) is 66.2 cm³/mol. The molecule has 0 aliphatic rings. The highest BCUT2D eigenvalue weighted by Crippen LogP contribution is 2.18. The van der Waals surface area contributed by atoms with E-state index in [4.69, 9.17) is 14.9 Å². The monoisotopic (exact) mass is 231 g/mol. The summed E-state index contributed by atoms with van der Waals surface area (Å²) in [5.41, 5.74) is 6.64. The summed E-state index contributed by atoms with van der Waals surface area (Å²) < 4.78 is 11.2. The molecule has 0 aliphatic heterocycles. The van der Waals surface area contributed by atoms with Gasteiger partial charge in [-0.15, -0.1) is 0 Å². The molecule has 0 spiro atoms. The number of nitrogens with two attached hydrogens (primary N) is 1. The van der Waals surface area contributed by atoms with Crippen LogP contribution < -0.4 is 5.73 Å². The van der Waals surface area contributed by atoms with Gasteiger partial charge < -0.3 is 14.9 Å². The highest BCUT2D eigenvalue weighted by Gasteiger charge is 2.07. The summed E-state index contributed by atoms with van der Waals surface area (Å²) in [5, 5.41) is 0. The van der Waals surface area contributed by atoms with E-state index in [1.54, 1.807) is 0 Å². The Hall–Kier alpha value is -1.58. The molecule has 3 nitrogen and oxygen atoms in total. The highest BCUT2D eigenvalue weighted by atomic mass is 16.5. The van der Waals surface area contributed by atoms with Gasteiger partial charge in [-0.3, -0.25) is 0 Å². The van der Waals surface area contributed by atoms with E-state index in [0.717, 1.165) is 17.1 Å². The molecule has 0 amide bonds. The maximum absolute atomic E-state index is 5.74. The molecular weight excluding hydrogens is 214 g/mol. The van der Waals surface area contributed by atoms with Gasteiger partial charge >= 0.3 is 0 Å². The minimum atomic E-state index is 0.0580. The van der Waals surface area contributed by atoms with Gasteiger partial charge in [-0.05, 0) is 24.6 Å². The molecule has 2 rings (SSSR count). The van der Waals surface area contributed by atoms with Crippen LogP contribution in [0.3, 0.4) is 0 Å². The molecule has 3 heteroatoms. The molecular formula is C14H17NO2. The van der Waals surface area contributed by atoms with Crippen molar-refractivity contribution < 1.29 is 9.15 Å². The molecule has 1 aromatic heterocycles. The summed E-state index contributed by atoms with van der Waals surface area (Å²) in [7, 11) is 0. The Morgan fingerprint density at radius 1 is 1.12 bits per heavy atom. The van der Waals surface area contributed by atoms with E-state index >= 15 is 0 Å². The van der Waals surface area contributed by atoms with Crippen molar-refractivity contribution in [1.29, 1.82) is 0 Å². The molecule has 0 radical (unpaired) electrons. The van der Waals surface area contributed by atoms with Gasteiger partial charge in [0.05, 0.1) is 12.6 Å². The molecule has 0 bridgehead atoms. The number of benzene rings is 1. The van der Waals surface area contributed by atoms with Crippen molar-refractivity contribution in [3.63, 3.8) is 0 Å². The van der Waals surface area contributed by atoms with Crippen LogP contribution in [0.15, 0.2) is 46.9 Å². The summed E-state index contributed by atoms with van der Waals surface area (Å²) in [5.74, 6) is 1.60. The van der Waals surface area contributed by atoms with Crippen LogP contribution >= 0.6 is 0 Å². The van der Waals surface area contributed by atoms with E-state index in [1.165, 1.54) is 0 Å². The highest BCUT2D eigenvalue weighted by molar-refractivity contribution is 5.17. The van der Waals surface area contributed by atoms with Crippen LogP contribution in [-0.4, -0.2) is 0 Å². The first-order chi connectivity index (χ1) is 8.29. The van der Waals surface area contributed by atoms with E-state index in [1.807, 2.05) is 37.3 Å². The molecule has 0 fully saturated rings. The fourth-order valence-corrected chi connectivity index (χ4v) is 1.64. The standard InChI is InChI=1S/C14H17NO2/c1-11(12-5-3-2-4-6-12)16-10-14-8-7-13(9-15)17-14/h2-8,11H,9-10,15H2,1H3. The quantitative estimate of drug-likeness (QED) is 0.860. The maximum atomic E-state index is 5.74. The zero-order valence-corrected chi connectivity index (χ0v) is 9.93. The summed E-state index contributed by atoms with van der Waals surface area (Å²) in [6.45, 7) is 2.92. The Bertz CT molecular complexity index is 450. The van der Waals surface area contributed by atoms with Gasteiger partial charge in [0.1, 0.15) is 18.1 Å². The minimum Gasteiger partial charge on any atom is -0.462 e. The van der Waals surface area contributed by atoms with Crippen LogP contribution in [0.25, 0.3) is 0 Å². The number of hydrogen-bond acceptors (Lipinski definition) is 3. The third-order valence-corrected chi connectivity index (χ3v) is 2.66. The molecule has 1 heterocycles. The first kappa shape index (κ1) is 11.9. The van der Waals surface area contributed by atoms with Crippen LogP contribution in [0.2, 0.25) is 0 Å². The molecule has 17 heavy (non-hydrogen) atoms. The lowest BCUT2D eigenvalue weighted by molar-refractivity contribution is 0.0414. The third-order valence-electron chi connectivity index (χ3n) is 2.66. The molecule has 1 unspecified atom stereocenters. The van der Waals surface area contributed by atoms with Gasteiger partial charge in [-0.25, -0.2) is 0 Å². The molecule has 0 aliphatic carbocycles. The van der Waals surface area contributed by atoms with Crippen molar-refractivity contribution in [2.24, 2.45) is 5.73 Å². The average Bonchev–Trinajstić information content (AvgIpc) is 2.85. The lowest BCUT2D eigenvalue weighted by Gasteiger charge is -2.12. The Morgan fingerprint density at radius 3 is 2.47 bits per heavy atom. The summed E-state index contributed by atoms with van der Waals surface area (Å²) in [4.78, 5) is 0. The van der Waals surface area contributed by atoms with Crippen molar-refractivity contribution in [1.82, 2.24) is 0 Å². The average molecular weight is 231 g/mol. The van der Waals surface area contributed by atoms with Gasteiger partial charge in [-0.2, -0.15) is 0 Å². The molecule has 1 aromatic carbocycles. The molecule has 1 atom stereocenters. The molecule has 2 N–H and O–H groups in total. The van der Waals surface area contributed by atoms with E-state index < -0.39 is 0 Å². The number of ether oxygens (including phenoxy) is 1. The van der Waals surface area contributed by atoms with Crippen LogP contribution in [0.4, 0.5) is 0 Å². The zero-order chi connectivity index (χ0) is 12.1. The van der Waals surface area contributed by atoms with Crippen molar-refractivity contribution in [3.05, 3.63) is 59.5 Å². The van der Waals surface area contributed by atoms with Gasteiger partial charge in [0.2, 0.25) is 0 Å². The van der Waals surface area contributed by atoms with Crippen LogP contribution in [-0.2, 0) is 17.9 Å². The third kappa shape index (κ3) is 3.19. The minimum absolute atomic E-state index is 0.0580. The van der Waals surface area contributed by atoms with Gasteiger partial charge in [-0.1, -0.05) is 30.3 Å². The van der Waals surface area contributed by atoms with Crippen LogP contribution in [0.5, 0.6) is 0 Å². The Labute approximate surface area is 101 Å². The number of hydrogen-bond donors (Lipinski definition) is 1. The number of rotatable bonds is 5. The SMILES string of the molecule is CC(OCc1ccc(CN)o1)c1ccccc1. The Morgan fingerprint density at radius 2 is 1.82 bits per heavy atom. The van der Waals surface area contributed by atoms with E-state index in [0.29, 0.717) is 13.2 Å². The smallest absolute Gasteiger partial charge is 0.129 e. The lowest BCUT2D eigenvalue weighted by Crippen LogP contribution is -1.99. The van der Waals surface area contributed by atoms with Gasteiger partial charge in [0.25, 0.3) is 0 Å². The molecule has 0 saturated heterocycles. The molecule has 2 aromatic rings. The second kappa shape index (κ2) is 5.66. The first-order valence-corrected chi connectivity index (χ1v) is 5.74. The maximum Gasteiger partial charge on any atom is 0.129 e. The Balaban J connectivity index is 1.90. The largest absolute Gasteiger partial charge is 0.462 e. The number of furan rings is 1. The fraction of sp³-hybridized carbons (Fsp3) is 0.286. The topological polar surface area (TPSA) is 48.4 Å². The fourth-order valence-electron chi connectivity index (χ4n) is 1.64. The van der Waals surface area contributed by atoms with E-state index in [9.17, 15) is 0 Å². The van der Waals surface area contributed by atoms with Crippen molar-refractivity contribution >= 4 is 0 Å². The van der Waals surface area contributed by atoms with E-state index in [2.05, 4.69) is 12.1 Å². The predicted octanol–water partition coefficient (Wildman–Crippen LogP) is 3.02. The van der Waals surface area contributed by atoms with Crippen molar-refractivity contribution in [2.75, 3.05) is 0 Å². The molecule has 0 saturated carbocycles. The second-order valence-electron chi connectivity index (χ2n) is 3.94. The first-order valence-electron chi connectivity index (χ1n) is 5.74. The zero-order valence-electron chi connectivity index (χ0n) is 9.93. The van der Waals surface area contributed by atoms with Gasteiger partial charge in [0, 0.05) is 0 Å². The molecule has 90 valence electrons. The van der Waals surface area contributed by atoms with Crippen molar-refractivity contribution in [3.8, 4) is 0 Å². The summed E-state index contributed by atoms with van der Waals surface area (Å²) in [6.07, 6.45) is 0.0580. The van der Waals surface area contributed by atoms with Crippen molar-refractivity contribution in [2.45, 2.75) is 26.2 Å². The normalized spacial score (nSPS) is 12.6. The Kier molecular flexibility index (Phi) is 3.96. The lowest BCUT2D eigenvalue weighted by atomic mass is 10.1. The summed E-state index contributed by atoms with van der Waals surface area (Å²) >= 11 is 0. The summed E-state index contributed by atoms with van der Waals surface area (Å²) in [6, 6.07) is 13.9. The van der Waals surface area contributed by atoms with Crippen LogP contribution in [0.1, 0.15) is 30.1 Å². The van der Waals surface area contributed by atoms with Gasteiger partial charge in [0.15, 0.2) is 0 Å².